The molecule has 174 valence electrons. The van der Waals surface area contributed by atoms with Gasteiger partial charge >= 0.3 is 18.2 Å². The third-order valence-electron chi connectivity index (χ3n) is 4.55. The maximum Gasteiger partial charge on any atom is 0.408 e. The van der Waals surface area contributed by atoms with E-state index in [1.165, 1.54) is 0 Å². The average Bonchev–Trinajstić information content (AvgIpc) is 2.61. The molecule has 0 bridgehead atoms. The molecule has 0 aliphatic carbocycles. The molecule has 2 amide bonds. The van der Waals surface area contributed by atoms with Crippen molar-refractivity contribution >= 4 is 18.2 Å². The first-order valence-corrected chi connectivity index (χ1v) is 10.3. The summed E-state index contributed by atoms with van der Waals surface area (Å²) in [6.45, 7) is 13.0. The Morgan fingerprint density at radius 2 is 1.55 bits per heavy atom. The highest BCUT2D eigenvalue weighted by molar-refractivity contribution is 5.80. The van der Waals surface area contributed by atoms with E-state index >= 15 is 0 Å². The molecule has 8 heteroatoms. The second-order valence-electron chi connectivity index (χ2n) is 10.2. The lowest BCUT2D eigenvalue weighted by Crippen LogP contribution is -2.52. The van der Waals surface area contributed by atoms with Gasteiger partial charge in [-0.2, -0.15) is 0 Å². The van der Waals surface area contributed by atoms with Crippen LogP contribution in [0, 0.1) is 10.8 Å². The highest BCUT2D eigenvalue weighted by atomic mass is 16.6. The molecule has 0 fully saturated rings. The lowest BCUT2D eigenvalue weighted by Gasteiger charge is -2.38. The lowest BCUT2D eigenvalue weighted by atomic mass is 9.71. The number of alkyl carbamates (subject to hydrolysis) is 2. The van der Waals surface area contributed by atoms with Gasteiger partial charge in [-0.3, -0.25) is 0 Å². The van der Waals surface area contributed by atoms with Gasteiger partial charge in [-0.15, -0.1) is 0 Å². The van der Waals surface area contributed by atoms with Gasteiger partial charge < -0.3 is 25.2 Å². The van der Waals surface area contributed by atoms with Crippen molar-refractivity contribution in [1.82, 2.24) is 10.6 Å². The molecule has 8 nitrogen and oxygen atoms in total. The Morgan fingerprint density at radius 1 is 0.968 bits per heavy atom. The van der Waals surface area contributed by atoms with Crippen LogP contribution in [-0.4, -0.2) is 41.4 Å². The first-order chi connectivity index (χ1) is 14.1. The molecular weight excluding hydrogens is 400 g/mol. The number of carbonyl (C=O) groups is 3. The van der Waals surface area contributed by atoms with E-state index in [1.807, 2.05) is 44.2 Å². The van der Waals surface area contributed by atoms with E-state index in [-0.39, 0.29) is 13.2 Å². The Kier molecular flexibility index (Phi) is 8.90. The molecule has 0 heterocycles. The molecule has 3 N–H and O–H groups in total. The highest BCUT2D eigenvalue weighted by Crippen LogP contribution is 2.36. The number of carbonyl (C=O) groups excluding carboxylic acids is 2. The summed E-state index contributed by atoms with van der Waals surface area (Å²) in [6, 6.07) is 7.96. The molecule has 0 radical (unpaired) electrons. The summed E-state index contributed by atoms with van der Waals surface area (Å²) in [7, 11) is 0. The van der Waals surface area contributed by atoms with Crippen LogP contribution in [0.1, 0.15) is 60.5 Å². The van der Waals surface area contributed by atoms with Crippen molar-refractivity contribution in [3.05, 3.63) is 35.9 Å². The molecular formula is C23H36N2O6. The number of carboxylic acids is 1. The molecule has 0 unspecified atom stereocenters. The number of amides is 2. The molecule has 0 saturated carbocycles. The van der Waals surface area contributed by atoms with Crippen LogP contribution in [0.2, 0.25) is 0 Å². The molecule has 0 spiro atoms. The Balaban J connectivity index is 2.70. The summed E-state index contributed by atoms with van der Waals surface area (Å²) in [5, 5.41) is 14.9. The topological polar surface area (TPSA) is 114 Å². The maximum atomic E-state index is 12.2. The van der Waals surface area contributed by atoms with Crippen LogP contribution in [0.15, 0.2) is 30.3 Å². The van der Waals surface area contributed by atoms with Crippen molar-refractivity contribution in [1.29, 1.82) is 0 Å². The summed E-state index contributed by atoms with van der Waals surface area (Å²) in [4.78, 5) is 36.1. The Morgan fingerprint density at radius 3 is 2.06 bits per heavy atom. The number of aliphatic carboxylic acids is 1. The lowest BCUT2D eigenvalue weighted by molar-refractivity contribution is -0.143. The fourth-order valence-corrected chi connectivity index (χ4v) is 3.50. The fourth-order valence-electron chi connectivity index (χ4n) is 3.50. The van der Waals surface area contributed by atoms with Crippen LogP contribution in [0.4, 0.5) is 9.59 Å². The summed E-state index contributed by atoms with van der Waals surface area (Å²) < 4.78 is 10.4. The zero-order valence-electron chi connectivity index (χ0n) is 19.6. The predicted octanol–water partition coefficient (Wildman–Crippen LogP) is 4.33. The quantitative estimate of drug-likeness (QED) is 0.531. The second kappa shape index (κ2) is 10.5. The number of ether oxygens (including phenoxy) is 2. The van der Waals surface area contributed by atoms with Crippen LogP contribution in [0.5, 0.6) is 0 Å². The monoisotopic (exact) mass is 436 g/mol. The summed E-state index contributed by atoms with van der Waals surface area (Å²) in [6.07, 6.45) is -0.920. The molecule has 0 aromatic heterocycles. The first-order valence-electron chi connectivity index (χ1n) is 10.3. The zero-order chi connectivity index (χ0) is 23.9. The number of hydrogen-bond donors (Lipinski definition) is 3. The SMILES string of the molecule is CC(C)(CNC(=O)OC(C)(C)C)CC(C)(C)[C@H](NC(=O)OCc1ccccc1)C(=O)O. The van der Waals surface area contributed by atoms with Crippen LogP contribution < -0.4 is 10.6 Å². The number of benzene rings is 1. The van der Waals surface area contributed by atoms with Crippen molar-refractivity contribution in [3.63, 3.8) is 0 Å². The van der Waals surface area contributed by atoms with Gasteiger partial charge in [-0.1, -0.05) is 58.0 Å². The maximum absolute atomic E-state index is 12.2. The summed E-state index contributed by atoms with van der Waals surface area (Å²) in [5.74, 6) is -1.16. The van der Waals surface area contributed by atoms with Gasteiger partial charge in [0.25, 0.3) is 0 Å². The molecule has 0 aliphatic heterocycles. The van der Waals surface area contributed by atoms with Crippen molar-refractivity contribution in [2.45, 2.75) is 73.1 Å². The van der Waals surface area contributed by atoms with Crippen LogP contribution in [0.3, 0.4) is 0 Å². The van der Waals surface area contributed by atoms with Gasteiger partial charge in [-0.25, -0.2) is 14.4 Å². The molecule has 1 aromatic carbocycles. The summed E-state index contributed by atoms with van der Waals surface area (Å²) in [5.41, 5.74) is -1.08. The Bertz CT molecular complexity index is 753. The van der Waals surface area contributed by atoms with Gasteiger partial charge in [0, 0.05) is 6.54 Å². The first kappa shape index (κ1) is 26.3. The van der Waals surface area contributed by atoms with E-state index in [4.69, 9.17) is 9.47 Å². The van der Waals surface area contributed by atoms with E-state index in [0.717, 1.165) is 5.56 Å². The van der Waals surface area contributed by atoms with Crippen LogP contribution in [-0.2, 0) is 20.9 Å². The van der Waals surface area contributed by atoms with Gasteiger partial charge in [0.05, 0.1) is 0 Å². The van der Waals surface area contributed by atoms with E-state index in [0.29, 0.717) is 6.42 Å². The highest BCUT2D eigenvalue weighted by Gasteiger charge is 2.41. The third-order valence-corrected chi connectivity index (χ3v) is 4.55. The van der Waals surface area contributed by atoms with Gasteiger partial charge in [0.1, 0.15) is 18.2 Å². The zero-order valence-corrected chi connectivity index (χ0v) is 19.6. The van der Waals surface area contributed by atoms with Crippen molar-refractivity contribution < 1.29 is 29.0 Å². The predicted molar refractivity (Wildman–Crippen MR) is 118 cm³/mol. The van der Waals surface area contributed by atoms with Crippen LogP contribution in [0.25, 0.3) is 0 Å². The minimum atomic E-state index is -1.17. The van der Waals surface area contributed by atoms with Gasteiger partial charge in [0.2, 0.25) is 0 Å². The average molecular weight is 437 g/mol. The van der Waals surface area contributed by atoms with Crippen molar-refractivity contribution in [3.8, 4) is 0 Å². The molecule has 1 rings (SSSR count). The molecule has 31 heavy (non-hydrogen) atoms. The van der Waals surface area contributed by atoms with Gasteiger partial charge in [-0.05, 0) is 43.6 Å². The standard InChI is InChI=1S/C23H36N2O6/c1-21(2,3)31-19(28)24-15-22(4,5)14-23(6,7)17(18(26)27)25-20(29)30-13-16-11-9-8-10-12-16/h8-12,17H,13-15H2,1-7H3,(H,24,28)(H,25,29)(H,26,27)/t17-/m1/s1. The normalized spacial score (nSPS) is 13.1. The molecule has 0 saturated heterocycles. The van der Waals surface area contributed by atoms with E-state index in [2.05, 4.69) is 10.6 Å². The van der Waals surface area contributed by atoms with Crippen molar-refractivity contribution in [2.75, 3.05) is 6.54 Å². The minimum absolute atomic E-state index is 0.0464. The van der Waals surface area contributed by atoms with E-state index in [1.54, 1.807) is 34.6 Å². The van der Waals surface area contributed by atoms with Crippen LogP contribution >= 0.6 is 0 Å². The molecule has 0 aliphatic rings. The summed E-state index contributed by atoms with van der Waals surface area (Å²) >= 11 is 0. The minimum Gasteiger partial charge on any atom is -0.480 e. The fraction of sp³-hybridized carbons (Fsp3) is 0.609. The Labute approximate surface area is 184 Å². The number of carboxylic acid groups (broad SMARTS) is 1. The smallest absolute Gasteiger partial charge is 0.408 e. The molecule has 1 aromatic rings. The van der Waals surface area contributed by atoms with E-state index < -0.39 is 40.6 Å². The van der Waals surface area contributed by atoms with E-state index in [9.17, 15) is 19.5 Å². The molecule has 1 atom stereocenters. The Hall–Kier alpha value is -2.77. The second-order valence-corrected chi connectivity index (χ2v) is 10.2. The number of hydrogen-bond acceptors (Lipinski definition) is 5. The van der Waals surface area contributed by atoms with Crippen molar-refractivity contribution in [2.24, 2.45) is 10.8 Å². The number of rotatable bonds is 9. The largest absolute Gasteiger partial charge is 0.480 e. The third kappa shape index (κ3) is 10.2. The number of nitrogens with one attached hydrogen (secondary N) is 2. The van der Waals surface area contributed by atoms with Gasteiger partial charge in [0.15, 0.2) is 0 Å².